The van der Waals surface area contributed by atoms with Crippen molar-refractivity contribution >= 4 is 0 Å². The molecule has 21 heavy (non-hydrogen) atoms. The zero-order valence-corrected chi connectivity index (χ0v) is 12.0. The summed E-state index contributed by atoms with van der Waals surface area (Å²) in [6, 6.07) is 5.99. The minimum Gasteiger partial charge on any atom is -0.467 e. The average molecular weight is 303 g/mol. The van der Waals surface area contributed by atoms with Gasteiger partial charge in [0.15, 0.2) is 6.79 Å². The number of ether oxygens (including phenoxy) is 2. The summed E-state index contributed by atoms with van der Waals surface area (Å²) in [7, 11) is 0. The first-order chi connectivity index (χ1) is 10.0. The van der Waals surface area contributed by atoms with Gasteiger partial charge in [0.25, 0.3) is 0 Å². The fourth-order valence-corrected chi connectivity index (χ4v) is 2.67. The minimum atomic E-state index is -4.32. The lowest BCUT2D eigenvalue weighted by Crippen LogP contribution is -2.25. The van der Waals surface area contributed by atoms with Gasteiger partial charge in [0, 0.05) is 6.04 Å². The van der Waals surface area contributed by atoms with Crippen LogP contribution in [-0.4, -0.2) is 26.1 Å². The van der Waals surface area contributed by atoms with Gasteiger partial charge >= 0.3 is 6.18 Å². The van der Waals surface area contributed by atoms with Crippen LogP contribution in [0.3, 0.4) is 0 Å². The molecule has 1 atom stereocenters. The Bertz CT molecular complexity index is 463. The molecule has 3 nitrogen and oxygen atoms in total. The summed E-state index contributed by atoms with van der Waals surface area (Å²) in [6.45, 7) is 1.26. The Labute approximate surface area is 122 Å². The number of hydrogen-bond acceptors (Lipinski definition) is 3. The summed E-state index contributed by atoms with van der Waals surface area (Å²) in [6.07, 6.45) is -1.34. The number of nitrogens with one attached hydrogen (secondary N) is 1. The Balaban J connectivity index is 1.99. The van der Waals surface area contributed by atoms with Crippen LogP contribution in [0.5, 0.6) is 5.75 Å². The van der Waals surface area contributed by atoms with E-state index in [9.17, 15) is 13.2 Å². The molecule has 0 saturated heterocycles. The first-order valence-electron chi connectivity index (χ1n) is 7.13. The Hall–Kier alpha value is -1.27. The summed E-state index contributed by atoms with van der Waals surface area (Å²) >= 11 is 0. The standard InChI is InChI=1S/C15H20F3NO2/c1-2-19-13-7-3-6-12-11(13)5-4-8-14(12)21-10-20-9-15(16,17)18/h4-5,8,13,19H,2-3,6-7,9-10H2,1H3. The van der Waals surface area contributed by atoms with Crippen LogP contribution < -0.4 is 10.1 Å². The Morgan fingerprint density at radius 1 is 1.33 bits per heavy atom. The van der Waals surface area contributed by atoms with E-state index in [2.05, 4.69) is 17.0 Å². The first-order valence-corrected chi connectivity index (χ1v) is 7.13. The molecule has 0 heterocycles. The van der Waals surface area contributed by atoms with Crippen molar-refractivity contribution in [3.8, 4) is 5.75 Å². The third-order valence-electron chi connectivity index (χ3n) is 3.48. The molecule has 0 radical (unpaired) electrons. The summed E-state index contributed by atoms with van der Waals surface area (Å²) in [5.74, 6) is 0.622. The molecule has 0 fully saturated rings. The zero-order valence-electron chi connectivity index (χ0n) is 12.0. The van der Waals surface area contributed by atoms with Gasteiger partial charge in [-0.2, -0.15) is 13.2 Å². The fraction of sp³-hybridized carbons (Fsp3) is 0.600. The second kappa shape index (κ2) is 7.13. The van der Waals surface area contributed by atoms with Gasteiger partial charge in [-0.25, -0.2) is 0 Å². The molecule has 2 rings (SSSR count). The number of alkyl halides is 3. The Morgan fingerprint density at radius 2 is 2.14 bits per heavy atom. The van der Waals surface area contributed by atoms with Crippen LogP contribution in [0.1, 0.15) is 36.9 Å². The molecule has 1 aromatic carbocycles. The summed E-state index contributed by atoms with van der Waals surface area (Å²) in [5.41, 5.74) is 2.25. The van der Waals surface area contributed by atoms with Crippen molar-refractivity contribution in [3.05, 3.63) is 29.3 Å². The molecule has 0 amide bonds. The van der Waals surface area contributed by atoms with Crippen LogP contribution in [0.4, 0.5) is 13.2 Å². The third kappa shape index (κ3) is 4.61. The van der Waals surface area contributed by atoms with E-state index in [1.807, 2.05) is 12.1 Å². The van der Waals surface area contributed by atoms with Crippen molar-refractivity contribution in [2.45, 2.75) is 38.4 Å². The Morgan fingerprint density at radius 3 is 2.86 bits per heavy atom. The van der Waals surface area contributed by atoms with E-state index < -0.39 is 12.8 Å². The van der Waals surface area contributed by atoms with E-state index in [1.54, 1.807) is 6.07 Å². The molecule has 1 N–H and O–H groups in total. The van der Waals surface area contributed by atoms with E-state index in [4.69, 9.17) is 4.74 Å². The molecule has 0 bridgehead atoms. The van der Waals surface area contributed by atoms with Gasteiger partial charge in [-0.1, -0.05) is 19.1 Å². The third-order valence-corrected chi connectivity index (χ3v) is 3.48. The molecule has 0 saturated carbocycles. The molecule has 1 unspecified atom stereocenters. The highest BCUT2D eigenvalue weighted by Gasteiger charge is 2.27. The molecule has 118 valence electrons. The van der Waals surface area contributed by atoms with E-state index >= 15 is 0 Å². The van der Waals surface area contributed by atoms with Crippen LogP contribution >= 0.6 is 0 Å². The smallest absolute Gasteiger partial charge is 0.411 e. The van der Waals surface area contributed by atoms with Gasteiger partial charge in [0.2, 0.25) is 0 Å². The topological polar surface area (TPSA) is 30.5 Å². The largest absolute Gasteiger partial charge is 0.467 e. The molecule has 6 heteroatoms. The maximum absolute atomic E-state index is 12.0. The quantitative estimate of drug-likeness (QED) is 0.643. The van der Waals surface area contributed by atoms with Crippen molar-refractivity contribution in [1.29, 1.82) is 0 Å². The average Bonchev–Trinajstić information content (AvgIpc) is 2.43. The number of rotatable bonds is 6. The van der Waals surface area contributed by atoms with Crippen LogP contribution in [0.15, 0.2) is 18.2 Å². The highest BCUT2D eigenvalue weighted by Crippen LogP contribution is 2.35. The van der Waals surface area contributed by atoms with Crippen LogP contribution in [-0.2, 0) is 11.2 Å². The summed E-state index contributed by atoms with van der Waals surface area (Å²) < 4.78 is 45.9. The monoisotopic (exact) mass is 303 g/mol. The maximum atomic E-state index is 12.0. The van der Waals surface area contributed by atoms with Crippen LogP contribution in [0, 0.1) is 0 Å². The Kier molecular flexibility index (Phi) is 5.47. The van der Waals surface area contributed by atoms with Gasteiger partial charge in [0.05, 0.1) is 0 Å². The predicted molar refractivity (Wildman–Crippen MR) is 73.3 cm³/mol. The van der Waals surface area contributed by atoms with Gasteiger partial charge in [-0.3, -0.25) is 0 Å². The molecular weight excluding hydrogens is 283 g/mol. The molecule has 0 aromatic heterocycles. The predicted octanol–water partition coefficient (Wildman–Crippen LogP) is 3.59. The molecule has 1 aromatic rings. The van der Waals surface area contributed by atoms with Crippen LogP contribution in [0.2, 0.25) is 0 Å². The van der Waals surface area contributed by atoms with Gasteiger partial charge < -0.3 is 14.8 Å². The number of hydrogen-bond donors (Lipinski definition) is 1. The molecule has 0 spiro atoms. The lowest BCUT2D eigenvalue weighted by molar-refractivity contribution is -0.186. The molecular formula is C15H20F3NO2. The molecule has 0 aliphatic heterocycles. The number of fused-ring (bicyclic) bond motifs is 1. The van der Waals surface area contributed by atoms with Crippen LogP contribution in [0.25, 0.3) is 0 Å². The van der Waals surface area contributed by atoms with E-state index in [0.29, 0.717) is 11.8 Å². The lowest BCUT2D eigenvalue weighted by Gasteiger charge is -2.27. The molecule has 1 aliphatic rings. The van der Waals surface area contributed by atoms with Crippen molar-refractivity contribution in [1.82, 2.24) is 5.32 Å². The minimum absolute atomic E-state index is 0.290. The number of halogens is 3. The van der Waals surface area contributed by atoms with Gasteiger partial charge in [0.1, 0.15) is 12.4 Å². The van der Waals surface area contributed by atoms with E-state index in [1.165, 1.54) is 5.56 Å². The highest BCUT2D eigenvalue weighted by molar-refractivity contribution is 5.43. The summed E-state index contributed by atoms with van der Waals surface area (Å²) in [5, 5.41) is 3.42. The van der Waals surface area contributed by atoms with Gasteiger partial charge in [-0.15, -0.1) is 0 Å². The maximum Gasteiger partial charge on any atom is 0.411 e. The first kappa shape index (κ1) is 16.1. The van der Waals surface area contributed by atoms with Crippen molar-refractivity contribution in [3.63, 3.8) is 0 Å². The number of benzene rings is 1. The fourth-order valence-electron chi connectivity index (χ4n) is 2.67. The highest BCUT2D eigenvalue weighted by atomic mass is 19.4. The SMILES string of the molecule is CCNC1CCCc2c(OCOCC(F)(F)F)cccc21. The summed E-state index contributed by atoms with van der Waals surface area (Å²) in [4.78, 5) is 0. The van der Waals surface area contributed by atoms with Crippen molar-refractivity contribution < 1.29 is 22.6 Å². The molecule has 1 aliphatic carbocycles. The second-order valence-corrected chi connectivity index (χ2v) is 5.05. The lowest BCUT2D eigenvalue weighted by atomic mass is 9.87. The zero-order chi connectivity index (χ0) is 15.3. The van der Waals surface area contributed by atoms with E-state index in [0.717, 1.165) is 31.4 Å². The van der Waals surface area contributed by atoms with Crippen molar-refractivity contribution in [2.24, 2.45) is 0 Å². The van der Waals surface area contributed by atoms with Crippen molar-refractivity contribution in [2.75, 3.05) is 19.9 Å². The second-order valence-electron chi connectivity index (χ2n) is 5.05. The normalized spacial score (nSPS) is 18.4. The van der Waals surface area contributed by atoms with Gasteiger partial charge in [-0.05, 0) is 43.0 Å². The van der Waals surface area contributed by atoms with E-state index in [-0.39, 0.29) is 6.79 Å².